The van der Waals surface area contributed by atoms with Crippen LogP contribution in [0, 0.1) is 12.8 Å². The van der Waals surface area contributed by atoms with Crippen molar-refractivity contribution in [3.63, 3.8) is 0 Å². The lowest BCUT2D eigenvalue weighted by Crippen LogP contribution is -2.18. The second kappa shape index (κ2) is 5.57. The van der Waals surface area contributed by atoms with Gasteiger partial charge in [0.05, 0.1) is 0 Å². The van der Waals surface area contributed by atoms with Crippen LogP contribution in [0.15, 0.2) is 18.2 Å². The van der Waals surface area contributed by atoms with Gasteiger partial charge in [0.2, 0.25) is 0 Å². The molecule has 0 aromatic heterocycles. The Morgan fingerprint density at radius 2 is 1.88 bits per heavy atom. The average Bonchev–Trinajstić information content (AvgIpc) is 2.15. The van der Waals surface area contributed by atoms with Crippen LogP contribution in [0.1, 0.15) is 58.1 Å². The number of benzene rings is 1. The van der Waals surface area contributed by atoms with E-state index in [1.165, 1.54) is 30.4 Å². The van der Waals surface area contributed by atoms with Gasteiger partial charge in [0.15, 0.2) is 0 Å². The van der Waals surface area contributed by atoms with Gasteiger partial charge < -0.3 is 5.11 Å². The van der Waals surface area contributed by atoms with Crippen LogP contribution in [0.2, 0.25) is 0 Å². The summed E-state index contributed by atoms with van der Waals surface area (Å²) in [5, 5.41) is 9.45. The summed E-state index contributed by atoms with van der Waals surface area (Å²) in [5.41, 5.74) is 2.76. The molecule has 0 heterocycles. The smallest absolute Gasteiger partial charge is 0.115 e. The molecule has 96 valence electrons. The van der Waals surface area contributed by atoms with E-state index in [1.54, 1.807) is 6.07 Å². The molecule has 1 nitrogen and oxygen atoms in total. The predicted molar refractivity (Wildman–Crippen MR) is 74.6 cm³/mol. The molecule has 0 amide bonds. The summed E-state index contributed by atoms with van der Waals surface area (Å²) in [6.07, 6.45) is 3.77. The number of aryl methyl sites for hydroxylation is 1. The van der Waals surface area contributed by atoms with Crippen LogP contribution in [0.3, 0.4) is 0 Å². The molecule has 1 heteroatoms. The van der Waals surface area contributed by atoms with E-state index in [0.29, 0.717) is 5.75 Å². The lowest BCUT2D eigenvalue weighted by atomic mass is 9.77. The fourth-order valence-corrected chi connectivity index (χ4v) is 2.49. The largest absolute Gasteiger partial charge is 0.508 e. The van der Waals surface area contributed by atoms with Gasteiger partial charge in [-0.2, -0.15) is 0 Å². The Morgan fingerprint density at radius 1 is 1.24 bits per heavy atom. The van der Waals surface area contributed by atoms with Gasteiger partial charge in [0.25, 0.3) is 0 Å². The lowest BCUT2D eigenvalue weighted by molar-refractivity contribution is 0.421. The minimum atomic E-state index is 0.201. The van der Waals surface area contributed by atoms with E-state index in [4.69, 9.17) is 0 Å². The van der Waals surface area contributed by atoms with Crippen molar-refractivity contribution in [3.05, 3.63) is 29.3 Å². The van der Waals surface area contributed by atoms with Crippen LogP contribution in [0.5, 0.6) is 5.75 Å². The van der Waals surface area contributed by atoms with Crippen LogP contribution in [0.25, 0.3) is 0 Å². The number of phenols is 1. The maximum absolute atomic E-state index is 9.45. The normalized spacial score (nSPS) is 12.1. The number of phenolic OH excluding ortho intramolecular Hbond substituents is 1. The molecule has 0 spiro atoms. The summed E-state index contributed by atoms with van der Waals surface area (Å²) in [7, 11) is 0. The monoisotopic (exact) mass is 234 g/mol. The van der Waals surface area contributed by atoms with Crippen molar-refractivity contribution in [2.75, 3.05) is 0 Å². The lowest BCUT2D eigenvalue weighted by Gasteiger charge is -2.27. The van der Waals surface area contributed by atoms with E-state index < -0.39 is 0 Å². The number of hydrogen-bond donors (Lipinski definition) is 1. The molecule has 0 bridgehead atoms. The van der Waals surface area contributed by atoms with Crippen molar-refractivity contribution in [1.29, 1.82) is 0 Å². The maximum Gasteiger partial charge on any atom is 0.115 e. The molecule has 0 saturated heterocycles. The van der Waals surface area contributed by atoms with Gasteiger partial charge in [-0.15, -0.1) is 0 Å². The van der Waals surface area contributed by atoms with Crippen molar-refractivity contribution in [1.82, 2.24) is 0 Å². The Bertz CT molecular complexity index is 364. The van der Waals surface area contributed by atoms with E-state index in [2.05, 4.69) is 40.7 Å². The first-order valence-corrected chi connectivity index (χ1v) is 6.63. The first-order chi connectivity index (χ1) is 7.83. The van der Waals surface area contributed by atoms with Crippen LogP contribution in [-0.4, -0.2) is 5.11 Å². The van der Waals surface area contributed by atoms with Crippen molar-refractivity contribution in [2.24, 2.45) is 5.92 Å². The topological polar surface area (TPSA) is 20.2 Å². The molecular weight excluding hydrogens is 208 g/mol. The number of rotatable bonds is 5. The highest BCUT2D eigenvalue weighted by Crippen LogP contribution is 2.33. The number of hydrogen-bond acceptors (Lipinski definition) is 1. The minimum absolute atomic E-state index is 0.201. The van der Waals surface area contributed by atoms with E-state index in [1.807, 2.05) is 6.07 Å². The summed E-state index contributed by atoms with van der Waals surface area (Å²) in [6, 6.07) is 5.73. The van der Waals surface area contributed by atoms with E-state index in [0.717, 1.165) is 5.92 Å². The SMILES string of the molecule is Cc1cc(O)ccc1C(C)(C)CCCC(C)C. The third kappa shape index (κ3) is 4.07. The summed E-state index contributed by atoms with van der Waals surface area (Å²) >= 11 is 0. The molecule has 0 fully saturated rings. The summed E-state index contributed by atoms with van der Waals surface area (Å²) < 4.78 is 0. The molecule has 0 aliphatic rings. The van der Waals surface area contributed by atoms with Crippen molar-refractivity contribution >= 4 is 0 Å². The van der Waals surface area contributed by atoms with Crippen LogP contribution in [0.4, 0.5) is 0 Å². The molecule has 17 heavy (non-hydrogen) atoms. The highest BCUT2D eigenvalue weighted by atomic mass is 16.3. The Kier molecular flexibility index (Phi) is 4.62. The first-order valence-electron chi connectivity index (χ1n) is 6.63. The van der Waals surface area contributed by atoms with Gasteiger partial charge >= 0.3 is 0 Å². The van der Waals surface area contributed by atoms with Crippen molar-refractivity contribution in [2.45, 2.75) is 59.3 Å². The fourth-order valence-electron chi connectivity index (χ4n) is 2.49. The van der Waals surface area contributed by atoms with Crippen LogP contribution >= 0.6 is 0 Å². The second-order valence-corrected chi connectivity index (χ2v) is 6.17. The molecule has 1 aromatic rings. The molecule has 0 atom stereocenters. The van der Waals surface area contributed by atoms with E-state index in [9.17, 15) is 5.11 Å². The summed E-state index contributed by atoms with van der Waals surface area (Å²) in [4.78, 5) is 0. The quantitative estimate of drug-likeness (QED) is 0.775. The Balaban J connectivity index is 2.74. The fraction of sp³-hybridized carbons (Fsp3) is 0.625. The standard InChI is InChI=1S/C16H26O/c1-12(2)7-6-10-16(4,5)15-9-8-14(17)11-13(15)3/h8-9,11-12,17H,6-7,10H2,1-5H3. The third-order valence-electron chi connectivity index (χ3n) is 3.52. The third-order valence-corrected chi connectivity index (χ3v) is 3.52. The molecule has 0 unspecified atom stereocenters. The highest BCUT2D eigenvalue weighted by Gasteiger charge is 2.22. The van der Waals surface area contributed by atoms with Gasteiger partial charge in [0.1, 0.15) is 5.75 Å². The highest BCUT2D eigenvalue weighted by molar-refractivity contribution is 5.38. The molecule has 1 N–H and O–H groups in total. The predicted octanol–water partition coefficient (Wildman–Crippen LogP) is 4.80. The van der Waals surface area contributed by atoms with Gasteiger partial charge in [-0.05, 0) is 47.9 Å². The number of aromatic hydroxyl groups is 1. The van der Waals surface area contributed by atoms with Gasteiger partial charge in [-0.25, -0.2) is 0 Å². The molecule has 0 saturated carbocycles. The minimum Gasteiger partial charge on any atom is -0.508 e. The molecule has 1 rings (SSSR count). The molecule has 0 aliphatic carbocycles. The first kappa shape index (κ1) is 14.1. The molecule has 0 radical (unpaired) electrons. The zero-order chi connectivity index (χ0) is 13.1. The van der Waals surface area contributed by atoms with Gasteiger partial charge in [0, 0.05) is 0 Å². The zero-order valence-corrected chi connectivity index (χ0v) is 11.9. The molecule has 0 aliphatic heterocycles. The van der Waals surface area contributed by atoms with Gasteiger partial charge in [-0.1, -0.05) is 46.6 Å². The average molecular weight is 234 g/mol. The van der Waals surface area contributed by atoms with E-state index in [-0.39, 0.29) is 5.41 Å². The van der Waals surface area contributed by atoms with Crippen LogP contribution < -0.4 is 0 Å². The Morgan fingerprint density at radius 3 is 2.41 bits per heavy atom. The second-order valence-electron chi connectivity index (χ2n) is 6.17. The van der Waals surface area contributed by atoms with Crippen LogP contribution in [-0.2, 0) is 5.41 Å². The maximum atomic E-state index is 9.45. The molecular formula is C16H26O. The summed E-state index contributed by atoms with van der Waals surface area (Å²) in [6.45, 7) is 11.2. The Labute approximate surface area is 106 Å². The van der Waals surface area contributed by atoms with E-state index >= 15 is 0 Å². The van der Waals surface area contributed by atoms with Gasteiger partial charge in [-0.3, -0.25) is 0 Å². The zero-order valence-electron chi connectivity index (χ0n) is 11.9. The van der Waals surface area contributed by atoms with Crippen molar-refractivity contribution in [3.8, 4) is 5.75 Å². The Hall–Kier alpha value is -0.980. The van der Waals surface area contributed by atoms with Crippen molar-refractivity contribution < 1.29 is 5.11 Å². The summed E-state index contributed by atoms with van der Waals surface area (Å²) in [5.74, 6) is 1.15. The molecule has 1 aromatic carbocycles.